The number of benzene rings is 1. The summed E-state index contributed by atoms with van der Waals surface area (Å²) in [5.74, 6) is 1.57. The molecule has 0 spiro atoms. The quantitative estimate of drug-likeness (QED) is 0.617. The van der Waals surface area contributed by atoms with Crippen LogP contribution in [0.25, 0.3) is 0 Å². The average Bonchev–Trinajstić information content (AvgIpc) is 3.10. The lowest BCUT2D eigenvalue weighted by Crippen LogP contribution is -2.30. The van der Waals surface area contributed by atoms with Crippen molar-refractivity contribution in [3.63, 3.8) is 0 Å². The Balaban J connectivity index is 1.59. The van der Waals surface area contributed by atoms with E-state index in [2.05, 4.69) is 15.6 Å². The van der Waals surface area contributed by atoms with Crippen LogP contribution in [0, 0.1) is 13.8 Å². The van der Waals surface area contributed by atoms with Gasteiger partial charge in [0.15, 0.2) is 0 Å². The first-order valence-electron chi connectivity index (χ1n) is 8.71. The molecular weight excluding hydrogens is 342 g/mol. The summed E-state index contributed by atoms with van der Waals surface area (Å²) in [7, 11) is 0. The van der Waals surface area contributed by atoms with Crippen LogP contribution in [0.4, 0.5) is 11.5 Å². The SMILES string of the molecule is Cc1ccc(NC(=O)c2ccc(NCC(C)(O)c3ccc(C)o3)nc2)cc1. The number of aliphatic hydroxyl groups is 1. The van der Waals surface area contributed by atoms with Crippen LogP contribution < -0.4 is 10.6 Å². The molecule has 1 atom stereocenters. The molecule has 3 rings (SSSR count). The standard InChI is InChI=1S/C21H23N3O3/c1-14-4-8-17(9-5-14)24-20(25)16-7-11-19(22-12-16)23-13-21(3,26)18-10-6-15(2)27-18/h4-12,26H,13H2,1-3H3,(H,22,23)(H,24,25). The summed E-state index contributed by atoms with van der Waals surface area (Å²) in [6.07, 6.45) is 1.50. The number of anilines is 2. The summed E-state index contributed by atoms with van der Waals surface area (Å²) in [5, 5.41) is 16.4. The van der Waals surface area contributed by atoms with Gasteiger partial charge in [0.2, 0.25) is 0 Å². The topological polar surface area (TPSA) is 87.4 Å². The molecule has 0 bridgehead atoms. The first-order valence-corrected chi connectivity index (χ1v) is 8.71. The zero-order valence-electron chi connectivity index (χ0n) is 15.6. The summed E-state index contributed by atoms with van der Waals surface area (Å²) in [6, 6.07) is 14.5. The van der Waals surface area contributed by atoms with Crippen LogP contribution in [0.3, 0.4) is 0 Å². The van der Waals surface area contributed by atoms with Crippen LogP contribution >= 0.6 is 0 Å². The number of nitrogens with zero attached hydrogens (tertiary/aromatic N) is 1. The Labute approximate surface area is 158 Å². The molecule has 2 aromatic heterocycles. The summed E-state index contributed by atoms with van der Waals surface area (Å²) in [5.41, 5.74) is 1.15. The maximum absolute atomic E-state index is 12.3. The Hall–Kier alpha value is -3.12. The number of hydrogen-bond donors (Lipinski definition) is 3. The molecule has 0 aliphatic rings. The van der Waals surface area contributed by atoms with Crippen molar-refractivity contribution in [1.29, 1.82) is 0 Å². The number of amides is 1. The second-order valence-corrected chi connectivity index (χ2v) is 6.79. The number of hydrogen-bond acceptors (Lipinski definition) is 5. The number of carbonyl (C=O) groups is 1. The fourth-order valence-electron chi connectivity index (χ4n) is 2.55. The van der Waals surface area contributed by atoms with Crippen LogP contribution in [-0.4, -0.2) is 22.5 Å². The maximum atomic E-state index is 12.3. The molecule has 3 aromatic rings. The molecule has 1 aromatic carbocycles. The highest BCUT2D eigenvalue weighted by molar-refractivity contribution is 6.04. The van der Waals surface area contributed by atoms with E-state index in [1.807, 2.05) is 44.2 Å². The molecule has 3 N–H and O–H groups in total. The van der Waals surface area contributed by atoms with Gasteiger partial charge in [0, 0.05) is 11.9 Å². The number of aromatic nitrogens is 1. The number of carbonyl (C=O) groups excluding carboxylic acids is 1. The molecule has 6 nitrogen and oxygen atoms in total. The van der Waals surface area contributed by atoms with Gasteiger partial charge in [-0.05, 0) is 57.2 Å². The normalized spacial score (nSPS) is 13.0. The van der Waals surface area contributed by atoms with Crippen molar-refractivity contribution < 1.29 is 14.3 Å². The molecule has 0 aliphatic carbocycles. The first kappa shape index (κ1) is 18.7. The zero-order chi connectivity index (χ0) is 19.4. The molecule has 0 saturated carbocycles. The monoisotopic (exact) mass is 365 g/mol. The minimum atomic E-state index is -1.17. The van der Waals surface area contributed by atoms with E-state index in [1.165, 1.54) is 6.20 Å². The molecule has 0 radical (unpaired) electrons. The van der Waals surface area contributed by atoms with Crippen molar-refractivity contribution in [2.24, 2.45) is 0 Å². The number of pyridine rings is 1. The van der Waals surface area contributed by atoms with Crippen molar-refractivity contribution in [1.82, 2.24) is 4.98 Å². The molecule has 0 saturated heterocycles. The van der Waals surface area contributed by atoms with Crippen LogP contribution in [0.15, 0.2) is 59.1 Å². The molecule has 2 heterocycles. The first-order chi connectivity index (χ1) is 12.8. The van der Waals surface area contributed by atoms with E-state index in [0.29, 0.717) is 17.1 Å². The number of nitrogens with one attached hydrogen (secondary N) is 2. The van der Waals surface area contributed by atoms with Crippen molar-refractivity contribution in [2.75, 3.05) is 17.2 Å². The van der Waals surface area contributed by atoms with E-state index >= 15 is 0 Å². The van der Waals surface area contributed by atoms with E-state index in [1.54, 1.807) is 25.1 Å². The lowest BCUT2D eigenvalue weighted by atomic mass is 10.0. The van der Waals surface area contributed by atoms with Crippen molar-refractivity contribution >= 4 is 17.4 Å². The third-order valence-electron chi connectivity index (χ3n) is 4.22. The summed E-state index contributed by atoms with van der Waals surface area (Å²) >= 11 is 0. The van der Waals surface area contributed by atoms with Gasteiger partial charge >= 0.3 is 0 Å². The van der Waals surface area contributed by atoms with Gasteiger partial charge in [-0.25, -0.2) is 4.98 Å². The van der Waals surface area contributed by atoms with Crippen LogP contribution in [0.1, 0.15) is 34.4 Å². The Morgan fingerprint density at radius 3 is 2.44 bits per heavy atom. The van der Waals surface area contributed by atoms with Gasteiger partial charge in [-0.2, -0.15) is 0 Å². The van der Waals surface area contributed by atoms with Crippen LogP contribution in [0.2, 0.25) is 0 Å². The largest absolute Gasteiger partial charge is 0.463 e. The van der Waals surface area contributed by atoms with Crippen molar-refractivity contribution in [3.05, 3.63) is 77.4 Å². The smallest absolute Gasteiger partial charge is 0.257 e. The predicted octanol–water partition coefficient (Wildman–Crippen LogP) is 3.86. The van der Waals surface area contributed by atoms with Crippen molar-refractivity contribution in [2.45, 2.75) is 26.4 Å². The second-order valence-electron chi connectivity index (χ2n) is 6.79. The zero-order valence-corrected chi connectivity index (χ0v) is 15.6. The van der Waals surface area contributed by atoms with Gasteiger partial charge in [0.05, 0.1) is 12.1 Å². The lowest BCUT2D eigenvalue weighted by molar-refractivity contribution is 0.0467. The Morgan fingerprint density at radius 2 is 1.85 bits per heavy atom. The molecule has 1 unspecified atom stereocenters. The Kier molecular flexibility index (Phi) is 5.28. The molecule has 27 heavy (non-hydrogen) atoms. The minimum absolute atomic E-state index is 0.224. The van der Waals surface area contributed by atoms with Gasteiger partial charge in [-0.15, -0.1) is 0 Å². The van der Waals surface area contributed by atoms with Gasteiger partial charge in [-0.3, -0.25) is 4.79 Å². The van der Waals surface area contributed by atoms with Gasteiger partial charge in [0.1, 0.15) is 22.9 Å². The van der Waals surface area contributed by atoms with E-state index < -0.39 is 5.60 Å². The summed E-state index contributed by atoms with van der Waals surface area (Å²) in [4.78, 5) is 16.5. The van der Waals surface area contributed by atoms with Gasteiger partial charge in [0.25, 0.3) is 5.91 Å². The van der Waals surface area contributed by atoms with Gasteiger partial charge in [-0.1, -0.05) is 17.7 Å². The molecule has 0 fully saturated rings. The second kappa shape index (κ2) is 7.63. The van der Waals surface area contributed by atoms with E-state index in [-0.39, 0.29) is 12.5 Å². The summed E-state index contributed by atoms with van der Waals surface area (Å²) in [6.45, 7) is 5.71. The van der Waals surface area contributed by atoms with E-state index in [4.69, 9.17) is 4.42 Å². The maximum Gasteiger partial charge on any atom is 0.257 e. The fourth-order valence-corrected chi connectivity index (χ4v) is 2.55. The minimum Gasteiger partial charge on any atom is -0.463 e. The fraction of sp³-hybridized carbons (Fsp3) is 0.238. The highest BCUT2D eigenvalue weighted by atomic mass is 16.4. The molecule has 140 valence electrons. The van der Waals surface area contributed by atoms with Crippen LogP contribution in [-0.2, 0) is 5.60 Å². The number of furan rings is 1. The highest BCUT2D eigenvalue weighted by Crippen LogP contribution is 2.23. The highest BCUT2D eigenvalue weighted by Gasteiger charge is 2.26. The molecule has 1 amide bonds. The molecular formula is C21H23N3O3. The average molecular weight is 365 g/mol. The molecule has 6 heteroatoms. The third-order valence-corrected chi connectivity index (χ3v) is 4.22. The number of aryl methyl sites for hydroxylation is 2. The van der Waals surface area contributed by atoms with E-state index in [0.717, 1.165) is 17.0 Å². The molecule has 0 aliphatic heterocycles. The lowest BCUT2D eigenvalue weighted by Gasteiger charge is -2.21. The predicted molar refractivity (Wildman–Crippen MR) is 105 cm³/mol. The van der Waals surface area contributed by atoms with Gasteiger partial charge < -0.3 is 20.2 Å². The Bertz CT molecular complexity index is 913. The number of rotatable bonds is 6. The van der Waals surface area contributed by atoms with E-state index in [9.17, 15) is 9.90 Å². The van der Waals surface area contributed by atoms with Crippen molar-refractivity contribution in [3.8, 4) is 0 Å². The Morgan fingerprint density at radius 1 is 1.11 bits per heavy atom. The van der Waals surface area contributed by atoms with Crippen LogP contribution in [0.5, 0.6) is 0 Å². The third kappa shape index (κ3) is 4.74. The summed E-state index contributed by atoms with van der Waals surface area (Å²) < 4.78 is 5.49.